The van der Waals surface area contributed by atoms with E-state index < -0.39 is 5.82 Å². The molecule has 1 amide bonds. The minimum Gasteiger partial charge on any atom is -0.326 e. The van der Waals surface area contributed by atoms with Crippen molar-refractivity contribution in [3.05, 3.63) is 74.7 Å². The van der Waals surface area contributed by atoms with E-state index in [1.807, 2.05) is 41.3 Å². The standard InChI is InChI=1S/C20H19ClFN3OS/c1-3-13-4-7-15(8-5-13)23-19(26)11-16-12-27-20(25(16)2)24-18-9-6-14(22)10-17(18)21/h4-10,12H,3,11H2,1-2H3,(H,23,26). The minimum atomic E-state index is -0.404. The lowest BCUT2D eigenvalue weighted by atomic mass is 10.1. The highest BCUT2D eigenvalue weighted by atomic mass is 35.5. The van der Waals surface area contributed by atoms with Gasteiger partial charge < -0.3 is 9.88 Å². The lowest BCUT2D eigenvalue weighted by molar-refractivity contribution is -0.115. The molecular formula is C20H19ClFN3OS. The van der Waals surface area contributed by atoms with Crippen LogP contribution in [0.1, 0.15) is 18.2 Å². The second-order valence-corrected chi connectivity index (χ2v) is 7.30. The van der Waals surface area contributed by atoms with E-state index in [-0.39, 0.29) is 17.4 Å². The van der Waals surface area contributed by atoms with Crippen LogP contribution in [0.15, 0.2) is 52.8 Å². The molecule has 7 heteroatoms. The van der Waals surface area contributed by atoms with Gasteiger partial charge in [0.25, 0.3) is 0 Å². The third-order valence-corrected chi connectivity index (χ3v) is 5.40. The van der Waals surface area contributed by atoms with Crippen LogP contribution in [0.5, 0.6) is 0 Å². The monoisotopic (exact) mass is 403 g/mol. The predicted octanol–water partition coefficient (Wildman–Crippen LogP) is 4.86. The Hall–Kier alpha value is -2.44. The van der Waals surface area contributed by atoms with Crippen LogP contribution in [0, 0.1) is 5.82 Å². The largest absolute Gasteiger partial charge is 0.326 e. The van der Waals surface area contributed by atoms with Crippen molar-refractivity contribution in [3.8, 4) is 0 Å². The number of thiazole rings is 1. The van der Waals surface area contributed by atoms with Crippen molar-refractivity contribution in [2.24, 2.45) is 12.0 Å². The second-order valence-electron chi connectivity index (χ2n) is 6.05. The van der Waals surface area contributed by atoms with Gasteiger partial charge in [-0.3, -0.25) is 4.79 Å². The van der Waals surface area contributed by atoms with E-state index in [0.717, 1.165) is 17.8 Å². The van der Waals surface area contributed by atoms with Crippen molar-refractivity contribution in [1.82, 2.24) is 4.57 Å². The third-order valence-electron chi connectivity index (χ3n) is 4.13. The Labute approximate surface area is 166 Å². The van der Waals surface area contributed by atoms with Gasteiger partial charge in [0, 0.05) is 23.8 Å². The van der Waals surface area contributed by atoms with Gasteiger partial charge in [-0.1, -0.05) is 30.7 Å². The number of hydrogen-bond donors (Lipinski definition) is 1. The van der Waals surface area contributed by atoms with Crippen molar-refractivity contribution < 1.29 is 9.18 Å². The summed E-state index contributed by atoms with van der Waals surface area (Å²) in [6.45, 7) is 2.09. The second kappa shape index (κ2) is 8.50. The fourth-order valence-electron chi connectivity index (χ4n) is 2.53. The van der Waals surface area contributed by atoms with Crippen LogP contribution in [0.25, 0.3) is 0 Å². The summed E-state index contributed by atoms with van der Waals surface area (Å²) in [5, 5.41) is 5.04. The first-order valence-corrected chi connectivity index (χ1v) is 9.74. The van der Waals surface area contributed by atoms with E-state index in [9.17, 15) is 9.18 Å². The summed E-state index contributed by atoms with van der Waals surface area (Å²) in [4.78, 5) is 17.5. The van der Waals surface area contributed by atoms with Gasteiger partial charge in [0.2, 0.25) is 5.91 Å². The summed E-state index contributed by atoms with van der Waals surface area (Å²) in [7, 11) is 1.84. The zero-order valence-corrected chi connectivity index (χ0v) is 16.6. The molecule has 140 valence electrons. The molecule has 0 aliphatic rings. The molecule has 1 N–H and O–H groups in total. The molecule has 0 radical (unpaired) electrons. The number of carbonyl (C=O) groups is 1. The molecule has 0 saturated heterocycles. The number of carbonyl (C=O) groups excluding carboxylic acids is 1. The van der Waals surface area contributed by atoms with E-state index in [1.54, 1.807) is 0 Å². The maximum atomic E-state index is 13.2. The summed E-state index contributed by atoms with van der Waals surface area (Å²) in [5.74, 6) is -0.502. The lowest BCUT2D eigenvalue weighted by Crippen LogP contribution is -2.19. The number of hydrogen-bond acceptors (Lipinski definition) is 3. The zero-order valence-electron chi connectivity index (χ0n) is 15.0. The number of halogens is 2. The van der Waals surface area contributed by atoms with Gasteiger partial charge in [-0.05, 0) is 42.3 Å². The van der Waals surface area contributed by atoms with E-state index in [2.05, 4.69) is 17.2 Å². The summed E-state index contributed by atoms with van der Waals surface area (Å²) >= 11 is 7.43. The quantitative estimate of drug-likeness (QED) is 0.650. The number of aryl methyl sites for hydroxylation is 1. The SMILES string of the molecule is CCc1ccc(NC(=O)Cc2csc(=Nc3ccc(F)cc3Cl)n2C)cc1. The van der Waals surface area contributed by atoms with Gasteiger partial charge in [-0.25, -0.2) is 9.38 Å². The van der Waals surface area contributed by atoms with Crippen LogP contribution in [0.2, 0.25) is 5.02 Å². The highest BCUT2D eigenvalue weighted by molar-refractivity contribution is 7.07. The summed E-state index contributed by atoms with van der Waals surface area (Å²) in [6, 6.07) is 11.9. The third kappa shape index (κ3) is 4.84. The Kier molecular flexibility index (Phi) is 6.08. The lowest BCUT2D eigenvalue weighted by Gasteiger charge is -2.07. The van der Waals surface area contributed by atoms with Crippen LogP contribution in [-0.4, -0.2) is 10.5 Å². The van der Waals surface area contributed by atoms with Gasteiger partial charge in [-0.15, -0.1) is 11.3 Å². The number of nitrogens with zero attached hydrogens (tertiary/aromatic N) is 2. The first-order chi connectivity index (χ1) is 13.0. The molecule has 3 rings (SSSR count). The molecule has 0 atom stereocenters. The average Bonchev–Trinajstić information content (AvgIpc) is 2.98. The molecule has 0 unspecified atom stereocenters. The average molecular weight is 404 g/mol. The highest BCUT2D eigenvalue weighted by Crippen LogP contribution is 2.25. The molecule has 0 aliphatic heterocycles. The molecular weight excluding hydrogens is 385 g/mol. The number of rotatable bonds is 5. The summed E-state index contributed by atoms with van der Waals surface area (Å²) in [6.07, 6.45) is 1.19. The van der Waals surface area contributed by atoms with Gasteiger partial charge in [0.05, 0.1) is 17.1 Å². The molecule has 1 heterocycles. The predicted molar refractivity (Wildman–Crippen MR) is 108 cm³/mol. The normalized spacial score (nSPS) is 11.6. The van der Waals surface area contributed by atoms with Gasteiger partial charge in [-0.2, -0.15) is 0 Å². The molecule has 0 saturated carbocycles. The molecule has 4 nitrogen and oxygen atoms in total. The fourth-order valence-corrected chi connectivity index (χ4v) is 3.65. The topological polar surface area (TPSA) is 46.4 Å². The van der Waals surface area contributed by atoms with Crippen molar-refractivity contribution >= 4 is 40.2 Å². The minimum absolute atomic E-state index is 0.0981. The number of benzene rings is 2. The Morgan fingerprint density at radius 2 is 2.00 bits per heavy atom. The number of amides is 1. The molecule has 0 fully saturated rings. The summed E-state index contributed by atoms with van der Waals surface area (Å²) in [5.41, 5.74) is 3.32. The van der Waals surface area contributed by atoms with Gasteiger partial charge in [0.1, 0.15) is 5.82 Å². The van der Waals surface area contributed by atoms with Gasteiger partial charge in [0.15, 0.2) is 4.80 Å². The van der Waals surface area contributed by atoms with Gasteiger partial charge >= 0.3 is 0 Å². The first kappa shape index (κ1) is 19.3. The molecule has 0 bridgehead atoms. The Bertz CT molecular complexity index is 1020. The molecule has 0 aliphatic carbocycles. The first-order valence-electron chi connectivity index (χ1n) is 8.48. The molecule has 2 aromatic carbocycles. The molecule has 3 aromatic rings. The van der Waals surface area contributed by atoms with Crippen molar-refractivity contribution in [2.45, 2.75) is 19.8 Å². The van der Waals surface area contributed by atoms with Crippen LogP contribution < -0.4 is 10.1 Å². The molecule has 0 spiro atoms. The van der Waals surface area contributed by atoms with Crippen LogP contribution in [-0.2, 0) is 24.7 Å². The summed E-state index contributed by atoms with van der Waals surface area (Å²) < 4.78 is 15.0. The maximum Gasteiger partial charge on any atom is 0.230 e. The zero-order chi connectivity index (χ0) is 19.4. The van der Waals surface area contributed by atoms with E-state index in [1.165, 1.54) is 35.1 Å². The Morgan fingerprint density at radius 1 is 1.26 bits per heavy atom. The smallest absolute Gasteiger partial charge is 0.230 e. The molecule has 27 heavy (non-hydrogen) atoms. The number of anilines is 1. The van der Waals surface area contributed by atoms with E-state index in [0.29, 0.717) is 10.5 Å². The van der Waals surface area contributed by atoms with Crippen LogP contribution in [0.4, 0.5) is 15.8 Å². The van der Waals surface area contributed by atoms with Crippen LogP contribution in [0.3, 0.4) is 0 Å². The Balaban J connectivity index is 1.74. The van der Waals surface area contributed by atoms with Crippen molar-refractivity contribution in [3.63, 3.8) is 0 Å². The number of aromatic nitrogens is 1. The Morgan fingerprint density at radius 3 is 2.67 bits per heavy atom. The van der Waals surface area contributed by atoms with Crippen molar-refractivity contribution in [1.29, 1.82) is 0 Å². The molecule has 1 aromatic heterocycles. The van der Waals surface area contributed by atoms with E-state index in [4.69, 9.17) is 11.6 Å². The highest BCUT2D eigenvalue weighted by Gasteiger charge is 2.09. The van der Waals surface area contributed by atoms with E-state index >= 15 is 0 Å². The van der Waals surface area contributed by atoms with Crippen molar-refractivity contribution in [2.75, 3.05) is 5.32 Å². The van der Waals surface area contributed by atoms with Crippen LogP contribution >= 0.6 is 22.9 Å². The number of nitrogens with one attached hydrogen (secondary N) is 1. The maximum absolute atomic E-state index is 13.2. The fraction of sp³-hybridized carbons (Fsp3) is 0.200.